The first kappa shape index (κ1) is 31.6. The van der Waals surface area contributed by atoms with Gasteiger partial charge >= 0.3 is 6.03 Å². The molecule has 3 heterocycles. The van der Waals surface area contributed by atoms with Gasteiger partial charge in [0.25, 0.3) is 0 Å². The Bertz CT molecular complexity index is 2120. The van der Waals surface area contributed by atoms with Gasteiger partial charge in [-0.15, -0.1) is 0 Å². The SMILES string of the molecule is Cc1ccc(-n2nc(C(C)(C)C)cc2NC(=O)Nc2ccc(OCc3ccnc(Nc4cncc(NC5CC5)n4)c3)c3ccccc23)cc1. The molecule has 0 atom stereocenters. The topological polar surface area (TPSA) is 131 Å². The number of nitrogens with zero attached hydrogens (tertiary/aromatic N) is 5. The molecule has 0 radical (unpaired) electrons. The Kier molecular flexibility index (Phi) is 8.56. The third-order valence-corrected chi connectivity index (χ3v) is 8.17. The summed E-state index contributed by atoms with van der Waals surface area (Å²) in [6.07, 6.45) is 7.46. The smallest absolute Gasteiger partial charge is 0.324 e. The predicted octanol–water partition coefficient (Wildman–Crippen LogP) is 8.36. The Morgan fingerprint density at radius 3 is 2.45 bits per heavy atom. The van der Waals surface area contributed by atoms with Crippen molar-refractivity contribution in [1.29, 1.82) is 0 Å². The number of urea groups is 1. The summed E-state index contributed by atoms with van der Waals surface area (Å²) in [5.41, 5.74) is 4.28. The van der Waals surface area contributed by atoms with Crippen LogP contribution in [0, 0.1) is 6.92 Å². The number of fused-ring (bicyclic) bond motifs is 1. The zero-order chi connectivity index (χ0) is 34.0. The fourth-order valence-corrected chi connectivity index (χ4v) is 5.35. The molecule has 1 saturated carbocycles. The number of hydrogen-bond donors (Lipinski definition) is 4. The first-order chi connectivity index (χ1) is 23.7. The molecular formula is C38H39N9O2. The minimum atomic E-state index is -0.372. The summed E-state index contributed by atoms with van der Waals surface area (Å²) in [6.45, 7) is 8.66. The zero-order valence-corrected chi connectivity index (χ0v) is 28.0. The number of pyridine rings is 1. The summed E-state index contributed by atoms with van der Waals surface area (Å²) in [5, 5.41) is 19.2. The van der Waals surface area contributed by atoms with Crippen LogP contribution < -0.4 is 26.0 Å². The highest BCUT2D eigenvalue weighted by atomic mass is 16.5. The molecular weight excluding hydrogens is 614 g/mol. The van der Waals surface area contributed by atoms with Crippen molar-refractivity contribution < 1.29 is 9.53 Å². The number of anilines is 5. The molecule has 0 aliphatic heterocycles. The monoisotopic (exact) mass is 653 g/mol. The fraction of sp³-hybridized carbons (Fsp3) is 0.237. The van der Waals surface area contributed by atoms with Gasteiger partial charge in [-0.1, -0.05) is 62.7 Å². The zero-order valence-electron chi connectivity index (χ0n) is 28.0. The Morgan fingerprint density at radius 1 is 0.898 bits per heavy atom. The molecule has 6 aromatic rings. The maximum atomic E-state index is 13.4. The summed E-state index contributed by atoms with van der Waals surface area (Å²) in [4.78, 5) is 26.8. The van der Waals surface area contributed by atoms with Gasteiger partial charge in [0.2, 0.25) is 0 Å². The van der Waals surface area contributed by atoms with Crippen LogP contribution in [0.2, 0.25) is 0 Å². The second kappa shape index (κ2) is 13.3. The molecule has 0 unspecified atom stereocenters. The Hall–Kier alpha value is -5.97. The lowest BCUT2D eigenvalue weighted by molar-refractivity contribution is 0.262. The van der Waals surface area contributed by atoms with E-state index < -0.39 is 0 Å². The first-order valence-electron chi connectivity index (χ1n) is 16.4. The molecule has 1 fully saturated rings. The normalized spacial score (nSPS) is 12.8. The van der Waals surface area contributed by atoms with Crippen LogP contribution in [0.1, 0.15) is 50.4 Å². The third kappa shape index (κ3) is 7.62. The van der Waals surface area contributed by atoms with Gasteiger partial charge in [-0.25, -0.2) is 19.4 Å². The van der Waals surface area contributed by atoms with Crippen molar-refractivity contribution in [3.63, 3.8) is 0 Å². The summed E-state index contributed by atoms with van der Waals surface area (Å²) < 4.78 is 8.08. The molecule has 3 aromatic heterocycles. The summed E-state index contributed by atoms with van der Waals surface area (Å²) in [6, 6.07) is 25.5. The van der Waals surface area contributed by atoms with E-state index >= 15 is 0 Å². The maximum absolute atomic E-state index is 13.4. The van der Waals surface area contributed by atoms with E-state index in [9.17, 15) is 4.79 Å². The number of amides is 2. The minimum absolute atomic E-state index is 0.198. The molecule has 49 heavy (non-hydrogen) atoms. The number of aryl methyl sites for hydroxylation is 1. The summed E-state index contributed by atoms with van der Waals surface area (Å²) >= 11 is 0. The number of carbonyl (C=O) groups excluding carboxylic acids is 1. The van der Waals surface area contributed by atoms with Crippen molar-refractivity contribution in [1.82, 2.24) is 24.7 Å². The number of benzene rings is 3. The molecule has 1 aliphatic rings. The van der Waals surface area contributed by atoms with Crippen LogP contribution in [0.3, 0.4) is 0 Å². The van der Waals surface area contributed by atoms with E-state index in [1.54, 1.807) is 23.3 Å². The molecule has 1 aliphatic carbocycles. The van der Waals surface area contributed by atoms with Gasteiger partial charge in [0.15, 0.2) is 5.82 Å². The van der Waals surface area contributed by atoms with Crippen LogP contribution in [0.5, 0.6) is 5.75 Å². The molecule has 7 rings (SSSR count). The Morgan fingerprint density at radius 2 is 1.67 bits per heavy atom. The fourth-order valence-electron chi connectivity index (χ4n) is 5.35. The van der Waals surface area contributed by atoms with Crippen LogP contribution in [-0.4, -0.2) is 36.8 Å². The van der Waals surface area contributed by atoms with Crippen molar-refractivity contribution in [3.05, 3.63) is 114 Å². The van der Waals surface area contributed by atoms with Crippen LogP contribution >= 0.6 is 0 Å². The van der Waals surface area contributed by atoms with E-state index in [0.717, 1.165) is 51.9 Å². The minimum Gasteiger partial charge on any atom is -0.488 e. The molecule has 248 valence electrons. The van der Waals surface area contributed by atoms with E-state index in [-0.39, 0.29) is 11.4 Å². The number of nitrogens with one attached hydrogen (secondary N) is 4. The number of carbonyl (C=O) groups is 1. The molecule has 11 heteroatoms. The first-order valence-corrected chi connectivity index (χ1v) is 16.4. The lowest BCUT2D eigenvalue weighted by Gasteiger charge is -2.15. The lowest BCUT2D eigenvalue weighted by atomic mass is 9.92. The predicted molar refractivity (Wildman–Crippen MR) is 194 cm³/mol. The highest BCUT2D eigenvalue weighted by Crippen LogP contribution is 2.33. The van der Waals surface area contributed by atoms with Gasteiger partial charge in [0, 0.05) is 34.5 Å². The van der Waals surface area contributed by atoms with Crippen LogP contribution in [0.15, 0.2) is 97.5 Å². The van der Waals surface area contributed by atoms with Gasteiger partial charge in [-0.2, -0.15) is 5.10 Å². The highest BCUT2D eigenvalue weighted by molar-refractivity contribution is 6.07. The van der Waals surface area contributed by atoms with Crippen LogP contribution in [0.25, 0.3) is 16.5 Å². The van der Waals surface area contributed by atoms with Crippen molar-refractivity contribution in [2.24, 2.45) is 0 Å². The largest absolute Gasteiger partial charge is 0.488 e. The number of rotatable bonds is 10. The van der Waals surface area contributed by atoms with E-state index in [1.807, 2.05) is 85.8 Å². The molecule has 11 nitrogen and oxygen atoms in total. The van der Waals surface area contributed by atoms with Crippen molar-refractivity contribution >= 4 is 45.8 Å². The molecule has 2 amide bonds. The summed E-state index contributed by atoms with van der Waals surface area (Å²) in [7, 11) is 0. The van der Waals surface area contributed by atoms with Crippen molar-refractivity contribution in [3.8, 4) is 11.4 Å². The molecule has 4 N–H and O–H groups in total. The molecule has 3 aromatic carbocycles. The van der Waals surface area contributed by atoms with E-state index in [1.165, 1.54) is 0 Å². The van der Waals surface area contributed by atoms with E-state index in [2.05, 4.69) is 57.0 Å². The third-order valence-electron chi connectivity index (χ3n) is 8.17. The number of aromatic nitrogens is 5. The van der Waals surface area contributed by atoms with Gasteiger partial charge < -0.3 is 20.7 Å². The van der Waals surface area contributed by atoms with E-state index in [4.69, 9.17) is 9.84 Å². The van der Waals surface area contributed by atoms with Crippen LogP contribution in [-0.2, 0) is 12.0 Å². The van der Waals surface area contributed by atoms with Crippen molar-refractivity contribution in [2.75, 3.05) is 21.3 Å². The van der Waals surface area contributed by atoms with Gasteiger partial charge in [0.1, 0.15) is 29.8 Å². The molecule has 0 spiro atoms. The van der Waals surface area contributed by atoms with Gasteiger partial charge in [-0.05, 0) is 61.7 Å². The molecule has 0 bridgehead atoms. The second-order valence-corrected chi connectivity index (χ2v) is 13.3. The average molecular weight is 654 g/mol. The number of hydrogen-bond acceptors (Lipinski definition) is 8. The number of ether oxygens (including phenoxy) is 1. The Balaban J connectivity index is 1.05. The van der Waals surface area contributed by atoms with Crippen LogP contribution in [0.4, 0.5) is 33.8 Å². The summed E-state index contributed by atoms with van der Waals surface area (Å²) in [5.74, 6) is 3.29. The Labute approximate surface area is 285 Å². The standard InChI is InChI=1S/C38H39N9O2/c1-24-9-13-27(14-10-24)47-36(20-32(46-47)38(2,3)4)45-37(48)42-30-15-16-31(29-8-6-5-7-28(29)30)49-23-25-17-18-40-33(19-25)43-35-22-39-21-34(44-35)41-26-11-12-26/h5-10,13-22,26H,11-12,23H2,1-4H3,(H2,42,45,48)(H2,40,41,43,44). The maximum Gasteiger partial charge on any atom is 0.324 e. The highest BCUT2D eigenvalue weighted by Gasteiger charge is 2.23. The van der Waals surface area contributed by atoms with Gasteiger partial charge in [-0.3, -0.25) is 10.3 Å². The average Bonchev–Trinajstić information content (AvgIpc) is 3.80. The second-order valence-electron chi connectivity index (χ2n) is 13.3. The molecule has 0 saturated heterocycles. The quantitative estimate of drug-likeness (QED) is 0.116. The van der Waals surface area contributed by atoms with Crippen molar-refractivity contribution in [2.45, 2.75) is 58.6 Å². The van der Waals surface area contributed by atoms with Gasteiger partial charge in [0.05, 0.1) is 29.5 Å². The van der Waals surface area contributed by atoms with E-state index in [0.29, 0.717) is 41.5 Å². The lowest BCUT2D eigenvalue weighted by Crippen LogP contribution is -2.21.